The largest absolute Gasteiger partial charge is 0.434 e. The Balaban J connectivity index is 1.41. The van der Waals surface area contributed by atoms with Crippen molar-refractivity contribution in [2.75, 3.05) is 0 Å². The molecule has 0 spiro atoms. The molecule has 3 heteroatoms. The van der Waals surface area contributed by atoms with E-state index in [1.165, 1.54) is 5.56 Å². The predicted octanol–water partition coefficient (Wildman–Crippen LogP) is 6.03. The van der Waals surface area contributed by atoms with Crippen LogP contribution in [0, 0.1) is 6.92 Å². The van der Waals surface area contributed by atoms with Gasteiger partial charge in [0.05, 0.1) is 6.20 Å². The second-order valence-corrected chi connectivity index (χ2v) is 6.67. The van der Waals surface area contributed by atoms with Crippen LogP contribution < -0.4 is 0 Å². The van der Waals surface area contributed by atoms with E-state index >= 15 is 0 Å². The molecule has 1 aromatic heterocycles. The van der Waals surface area contributed by atoms with Crippen LogP contribution in [0.3, 0.4) is 0 Å². The van der Waals surface area contributed by atoms with Crippen LogP contribution in [0.15, 0.2) is 65.2 Å². The van der Waals surface area contributed by atoms with Crippen LogP contribution in [0.1, 0.15) is 53.9 Å². The van der Waals surface area contributed by atoms with Gasteiger partial charge in [0, 0.05) is 12.0 Å². The van der Waals surface area contributed by atoms with E-state index in [-0.39, 0.29) is 11.7 Å². The molecule has 2 aromatic carbocycles. The fourth-order valence-corrected chi connectivity index (χ4v) is 3.10. The van der Waals surface area contributed by atoms with Crippen LogP contribution in [-0.2, 0) is 6.42 Å². The number of rotatable bonds is 9. The van der Waals surface area contributed by atoms with Gasteiger partial charge in [-0.2, -0.15) is 0 Å². The second-order valence-electron chi connectivity index (χ2n) is 6.67. The second kappa shape index (κ2) is 9.14. The molecule has 0 atom stereocenters. The summed E-state index contributed by atoms with van der Waals surface area (Å²) in [5.74, 6) is 0.884. The number of ketones is 1. The van der Waals surface area contributed by atoms with Crippen molar-refractivity contribution in [3.05, 3.63) is 77.8 Å². The lowest BCUT2D eigenvalue weighted by Crippen LogP contribution is -1.99. The highest BCUT2D eigenvalue weighted by Gasteiger charge is 2.14. The summed E-state index contributed by atoms with van der Waals surface area (Å²) < 4.78 is 5.69. The Kier molecular flexibility index (Phi) is 6.37. The molecule has 0 bridgehead atoms. The average molecular weight is 347 g/mol. The van der Waals surface area contributed by atoms with Gasteiger partial charge < -0.3 is 4.42 Å². The van der Waals surface area contributed by atoms with E-state index in [4.69, 9.17) is 4.42 Å². The molecule has 3 nitrogen and oxygen atoms in total. The highest BCUT2D eigenvalue weighted by atomic mass is 16.4. The molecule has 0 aliphatic carbocycles. The Morgan fingerprint density at radius 2 is 1.65 bits per heavy atom. The average Bonchev–Trinajstić information content (AvgIpc) is 3.15. The maximum atomic E-state index is 12.3. The zero-order valence-corrected chi connectivity index (χ0v) is 15.3. The fraction of sp³-hybridized carbons (Fsp3) is 0.304. The Morgan fingerprint density at radius 3 is 2.46 bits per heavy atom. The minimum Gasteiger partial charge on any atom is -0.434 e. The van der Waals surface area contributed by atoms with Crippen molar-refractivity contribution in [2.45, 2.75) is 45.4 Å². The fourth-order valence-electron chi connectivity index (χ4n) is 3.10. The van der Waals surface area contributed by atoms with Gasteiger partial charge in [0.25, 0.3) is 5.89 Å². The summed E-state index contributed by atoms with van der Waals surface area (Å²) in [6, 6.07) is 18.5. The van der Waals surface area contributed by atoms with Crippen molar-refractivity contribution in [3.8, 4) is 11.3 Å². The molecular weight excluding hydrogens is 322 g/mol. The molecule has 0 saturated heterocycles. The number of oxazole rings is 1. The van der Waals surface area contributed by atoms with Crippen LogP contribution in [0.25, 0.3) is 11.3 Å². The minimum absolute atomic E-state index is 0.00658. The number of hydrogen-bond acceptors (Lipinski definition) is 3. The van der Waals surface area contributed by atoms with Crippen molar-refractivity contribution < 1.29 is 9.21 Å². The zero-order chi connectivity index (χ0) is 18.2. The molecule has 0 saturated carbocycles. The van der Waals surface area contributed by atoms with Crippen LogP contribution in [0.5, 0.6) is 0 Å². The molecule has 0 unspecified atom stereocenters. The molecule has 0 aliphatic rings. The van der Waals surface area contributed by atoms with Gasteiger partial charge in [-0.05, 0) is 37.3 Å². The molecule has 0 amide bonds. The lowest BCUT2D eigenvalue weighted by Gasteiger charge is -2.02. The van der Waals surface area contributed by atoms with Gasteiger partial charge in [0.1, 0.15) is 0 Å². The zero-order valence-electron chi connectivity index (χ0n) is 15.3. The van der Waals surface area contributed by atoms with E-state index in [0.717, 1.165) is 43.2 Å². The maximum absolute atomic E-state index is 12.3. The van der Waals surface area contributed by atoms with E-state index in [1.54, 1.807) is 6.20 Å². The number of benzene rings is 2. The highest BCUT2D eigenvalue weighted by Crippen LogP contribution is 2.24. The predicted molar refractivity (Wildman–Crippen MR) is 104 cm³/mol. The van der Waals surface area contributed by atoms with E-state index in [0.29, 0.717) is 12.2 Å². The SMILES string of the molecule is Cc1ccccc1-c1cnc(C(=O)CCCCCCc2ccccc2)o1. The first-order valence-electron chi connectivity index (χ1n) is 9.33. The summed E-state index contributed by atoms with van der Waals surface area (Å²) in [7, 11) is 0. The summed E-state index contributed by atoms with van der Waals surface area (Å²) in [6.07, 6.45) is 7.50. The summed E-state index contributed by atoms with van der Waals surface area (Å²) in [4.78, 5) is 16.4. The van der Waals surface area contributed by atoms with E-state index in [9.17, 15) is 4.79 Å². The van der Waals surface area contributed by atoms with Crippen LogP contribution in [0.2, 0.25) is 0 Å². The summed E-state index contributed by atoms with van der Waals surface area (Å²) in [5, 5.41) is 0. The number of Topliss-reactive ketones (excluding diaryl/α,β-unsaturated/α-hetero) is 1. The number of carbonyl (C=O) groups is 1. The monoisotopic (exact) mass is 347 g/mol. The Morgan fingerprint density at radius 1 is 0.923 bits per heavy atom. The molecule has 0 aliphatic heterocycles. The quantitative estimate of drug-likeness (QED) is 0.351. The van der Waals surface area contributed by atoms with Gasteiger partial charge in [0.15, 0.2) is 5.76 Å². The molecule has 0 N–H and O–H groups in total. The molecule has 3 rings (SSSR count). The van der Waals surface area contributed by atoms with Gasteiger partial charge in [0.2, 0.25) is 5.78 Å². The number of hydrogen-bond donors (Lipinski definition) is 0. The van der Waals surface area contributed by atoms with E-state index < -0.39 is 0 Å². The molecule has 26 heavy (non-hydrogen) atoms. The Labute approximate surface area is 155 Å². The highest BCUT2D eigenvalue weighted by molar-refractivity contribution is 5.92. The van der Waals surface area contributed by atoms with Crippen molar-refractivity contribution in [2.24, 2.45) is 0 Å². The summed E-state index contributed by atoms with van der Waals surface area (Å²) in [6.45, 7) is 2.02. The topological polar surface area (TPSA) is 43.1 Å². The molecule has 134 valence electrons. The molecule has 1 heterocycles. The third-order valence-corrected chi connectivity index (χ3v) is 4.62. The molecular formula is C23H25NO2. The smallest absolute Gasteiger partial charge is 0.263 e. The summed E-state index contributed by atoms with van der Waals surface area (Å²) >= 11 is 0. The number of aryl methyl sites for hydroxylation is 2. The third-order valence-electron chi connectivity index (χ3n) is 4.62. The van der Waals surface area contributed by atoms with E-state index in [1.807, 2.05) is 37.3 Å². The Bertz CT molecular complexity index is 836. The first-order chi connectivity index (χ1) is 12.7. The van der Waals surface area contributed by atoms with Gasteiger partial charge in [-0.15, -0.1) is 0 Å². The number of nitrogens with zero attached hydrogens (tertiary/aromatic N) is 1. The molecule has 0 radical (unpaired) electrons. The van der Waals surface area contributed by atoms with Gasteiger partial charge in [-0.3, -0.25) is 4.79 Å². The normalized spacial score (nSPS) is 10.8. The van der Waals surface area contributed by atoms with Crippen LogP contribution >= 0.6 is 0 Å². The Hall–Kier alpha value is -2.68. The van der Waals surface area contributed by atoms with Crippen LogP contribution in [-0.4, -0.2) is 10.8 Å². The maximum Gasteiger partial charge on any atom is 0.263 e. The van der Waals surface area contributed by atoms with Crippen molar-refractivity contribution >= 4 is 5.78 Å². The molecule has 0 fully saturated rings. The van der Waals surface area contributed by atoms with Crippen molar-refractivity contribution in [3.63, 3.8) is 0 Å². The van der Waals surface area contributed by atoms with Crippen molar-refractivity contribution in [1.29, 1.82) is 0 Å². The summed E-state index contributed by atoms with van der Waals surface area (Å²) in [5.41, 5.74) is 3.48. The minimum atomic E-state index is -0.00658. The van der Waals surface area contributed by atoms with Gasteiger partial charge in [-0.1, -0.05) is 67.4 Å². The standard InChI is InChI=1S/C23H25NO2/c1-18-11-9-10-15-20(18)22-17-24-23(26-22)21(25)16-8-3-2-5-12-19-13-6-4-7-14-19/h4,6-7,9-11,13-15,17H,2-3,5,8,12,16H2,1H3. The molecule has 3 aromatic rings. The third kappa shape index (κ3) is 4.92. The first-order valence-corrected chi connectivity index (χ1v) is 9.33. The number of carbonyl (C=O) groups excluding carboxylic acids is 1. The first kappa shape index (κ1) is 18.1. The van der Waals surface area contributed by atoms with E-state index in [2.05, 4.69) is 29.2 Å². The van der Waals surface area contributed by atoms with Crippen LogP contribution in [0.4, 0.5) is 0 Å². The number of aromatic nitrogens is 1. The van der Waals surface area contributed by atoms with Crippen molar-refractivity contribution in [1.82, 2.24) is 4.98 Å². The van der Waals surface area contributed by atoms with Gasteiger partial charge >= 0.3 is 0 Å². The number of unbranched alkanes of at least 4 members (excludes halogenated alkanes) is 3. The lowest BCUT2D eigenvalue weighted by molar-refractivity contribution is 0.0946. The lowest BCUT2D eigenvalue weighted by atomic mass is 10.0. The van der Waals surface area contributed by atoms with Gasteiger partial charge in [-0.25, -0.2) is 4.98 Å².